The van der Waals surface area contributed by atoms with Crippen molar-refractivity contribution in [1.82, 2.24) is 0 Å². The van der Waals surface area contributed by atoms with Gasteiger partial charge in [0.05, 0.1) is 11.8 Å². The quantitative estimate of drug-likeness (QED) is 0.248. The van der Waals surface area contributed by atoms with Gasteiger partial charge >= 0.3 is 24.1 Å². The molecule has 1 aromatic rings. The Morgan fingerprint density at radius 2 is 1.39 bits per heavy atom. The van der Waals surface area contributed by atoms with Crippen LogP contribution in [0.2, 0.25) is 0 Å². The fourth-order valence-electron chi connectivity index (χ4n) is 3.21. The molecule has 0 amide bonds. The highest BCUT2D eigenvalue weighted by Gasteiger charge is 2.37. The summed E-state index contributed by atoms with van der Waals surface area (Å²) in [6.07, 6.45) is -1.42. The van der Waals surface area contributed by atoms with Crippen molar-refractivity contribution >= 4 is 24.1 Å². The van der Waals surface area contributed by atoms with Gasteiger partial charge in [-0.2, -0.15) is 0 Å². The molecule has 0 saturated heterocycles. The van der Waals surface area contributed by atoms with Gasteiger partial charge in [0.25, 0.3) is 0 Å². The van der Waals surface area contributed by atoms with E-state index in [9.17, 15) is 24.3 Å². The maximum absolute atomic E-state index is 12.5. The second kappa shape index (κ2) is 14.7. The molecule has 4 unspecified atom stereocenters. The summed E-state index contributed by atoms with van der Waals surface area (Å²) in [5.41, 5.74) is 4.87. The number of carbonyl (C=O) groups is 4. The number of carboxylic acids is 1. The smallest absolute Gasteiger partial charge is 0.480 e. The maximum Gasteiger partial charge on any atom is 0.508 e. The lowest BCUT2D eigenvalue weighted by molar-refractivity contribution is -0.145. The zero-order valence-corrected chi connectivity index (χ0v) is 23.7. The van der Waals surface area contributed by atoms with Crippen LogP contribution in [0.4, 0.5) is 4.79 Å². The minimum absolute atomic E-state index is 0.00672. The number of rotatable bonds is 14. The monoisotopic (exact) mass is 537 g/mol. The predicted molar refractivity (Wildman–Crippen MR) is 141 cm³/mol. The topological polar surface area (TPSA) is 151 Å². The van der Waals surface area contributed by atoms with Crippen LogP contribution in [0.15, 0.2) is 18.2 Å². The number of hydrogen-bond donors (Lipinski definition) is 2. The second-order valence-electron chi connectivity index (χ2n) is 10.3. The summed E-state index contributed by atoms with van der Waals surface area (Å²) in [7, 11) is 0. The SMILES string of the molecule is CCC(C)C(=O)Oc1ccc(CC(N)(C[C@H](C)OC(=O)OC(C)C(C)C)C(=O)O)cc1OC(=O)C(C)CC. The molecule has 1 rings (SSSR count). The molecule has 5 atom stereocenters. The zero-order valence-electron chi connectivity index (χ0n) is 23.7. The molecule has 38 heavy (non-hydrogen) atoms. The van der Waals surface area contributed by atoms with Crippen molar-refractivity contribution in [1.29, 1.82) is 0 Å². The number of hydrogen-bond acceptors (Lipinski definition) is 9. The van der Waals surface area contributed by atoms with Crippen LogP contribution in [0.3, 0.4) is 0 Å². The lowest BCUT2D eigenvalue weighted by Gasteiger charge is -2.28. The number of carbonyl (C=O) groups excluding carboxylic acids is 3. The number of carboxylic acid groups (broad SMARTS) is 1. The highest BCUT2D eigenvalue weighted by molar-refractivity contribution is 5.80. The van der Waals surface area contributed by atoms with E-state index < -0.39 is 41.6 Å². The van der Waals surface area contributed by atoms with Gasteiger partial charge in [-0.05, 0) is 50.3 Å². The van der Waals surface area contributed by atoms with Gasteiger partial charge in [-0.15, -0.1) is 0 Å². The number of aliphatic carboxylic acids is 1. The van der Waals surface area contributed by atoms with Crippen LogP contribution in [-0.2, 0) is 30.3 Å². The fraction of sp³-hybridized carbons (Fsp3) is 0.643. The van der Waals surface area contributed by atoms with Crippen LogP contribution >= 0.6 is 0 Å². The van der Waals surface area contributed by atoms with E-state index in [4.69, 9.17) is 24.7 Å². The van der Waals surface area contributed by atoms with E-state index in [0.29, 0.717) is 18.4 Å². The van der Waals surface area contributed by atoms with Crippen LogP contribution in [0.1, 0.15) is 80.2 Å². The van der Waals surface area contributed by atoms with Crippen molar-refractivity contribution in [2.24, 2.45) is 23.5 Å². The molecule has 0 saturated carbocycles. The first-order chi connectivity index (χ1) is 17.6. The van der Waals surface area contributed by atoms with Crippen molar-refractivity contribution in [2.75, 3.05) is 0 Å². The fourth-order valence-corrected chi connectivity index (χ4v) is 3.21. The predicted octanol–water partition coefficient (Wildman–Crippen LogP) is 4.89. The van der Waals surface area contributed by atoms with Crippen molar-refractivity contribution < 1.29 is 43.2 Å². The molecule has 0 aliphatic carbocycles. The molecular weight excluding hydrogens is 494 g/mol. The van der Waals surface area contributed by atoms with Crippen molar-refractivity contribution in [3.8, 4) is 11.5 Å². The molecule has 3 N–H and O–H groups in total. The van der Waals surface area contributed by atoms with Crippen LogP contribution in [0, 0.1) is 17.8 Å². The largest absolute Gasteiger partial charge is 0.508 e. The average molecular weight is 538 g/mol. The molecule has 0 aromatic heterocycles. The van der Waals surface area contributed by atoms with Crippen LogP contribution in [-0.4, -0.2) is 46.9 Å². The lowest BCUT2D eigenvalue weighted by atomic mass is 9.86. The van der Waals surface area contributed by atoms with E-state index in [-0.39, 0.29) is 42.3 Å². The third-order valence-corrected chi connectivity index (χ3v) is 6.57. The van der Waals surface area contributed by atoms with Gasteiger partial charge in [0.1, 0.15) is 17.7 Å². The molecule has 1 aromatic carbocycles. The Kier molecular flexibility index (Phi) is 12.7. The van der Waals surface area contributed by atoms with Crippen molar-refractivity contribution in [3.63, 3.8) is 0 Å². The summed E-state index contributed by atoms with van der Waals surface area (Å²) < 4.78 is 21.4. The Morgan fingerprint density at radius 1 is 0.868 bits per heavy atom. The van der Waals surface area contributed by atoms with E-state index in [1.807, 2.05) is 27.7 Å². The summed E-state index contributed by atoms with van der Waals surface area (Å²) >= 11 is 0. The molecule has 10 nitrogen and oxygen atoms in total. The third kappa shape index (κ3) is 9.96. The van der Waals surface area contributed by atoms with E-state index in [1.165, 1.54) is 19.1 Å². The molecule has 0 fully saturated rings. The summed E-state index contributed by atoms with van der Waals surface area (Å²) in [4.78, 5) is 49.1. The molecule has 0 spiro atoms. The van der Waals surface area contributed by atoms with Crippen LogP contribution in [0.5, 0.6) is 11.5 Å². The van der Waals surface area contributed by atoms with Crippen LogP contribution in [0.25, 0.3) is 0 Å². The molecule has 0 bridgehead atoms. The van der Waals surface area contributed by atoms with Gasteiger partial charge < -0.3 is 29.8 Å². The van der Waals surface area contributed by atoms with E-state index in [1.54, 1.807) is 26.8 Å². The first-order valence-electron chi connectivity index (χ1n) is 13.1. The number of ether oxygens (including phenoxy) is 4. The minimum atomic E-state index is -1.82. The van der Waals surface area contributed by atoms with Gasteiger partial charge in [0.2, 0.25) is 0 Å². The summed E-state index contributed by atoms with van der Waals surface area (Å²) in [6.45, 7) is 14.2. The molecule has 214 valence electrons. The maximum atomic E-state index is 12.5. The number of esters is 2. The summed E-state index contributed by atoms with van der Waals surface area (Å²) in [5.74, 6) is -2.94. The Labute approximate surface area is 225 Å². The molecule has 10 heteroatoms. The van der Waals surface area contributed by atoms with E-state index in [0.717, 1.165) is 0 Å². The van der Waals surface area contributed by atoms with Crippen LogP contribution < -0.4 is 15.2 Å². The highest BCUT2D eigenvalue weighted by atomic mass is 16.7. The van der Waals surface area contributed by atoms with Gasteiger partial charge in [-0.1, -0.05) is 47.6 Å². The normalized spacial score (nSPS) is 15.9. The molecule has 0 radical (unpaired) electrons. The minimum Gasteiger partial charge on any atom is -0.480 e. The first-order valence-corrected chi connectivity index (χ1v) is 13.1. The lowest BCUT2D eigenvalue weighted by Crippen LogP contribution is -2.52. The summed E-state index contributed by atoms with van der Waals surface area (Å²) in [5, 5.41) is 9.92. The van der Waals surface area contributed by atoms with Gasteiger partial charge in [-0.25, -0.2) is 4.79 Å². The Bertz CT molecular complexity index is 977. The Hall–Kier alpha value is -3.14. The second-order valence-corrected chi connectivity index (χ2v) is 10.3. The number of benzene rings is 1. The molecule has 0 aliphatic rings. The van der Waals surface area contributed by atoms with Gasteiger partial charge in [-0.3, -0.25) is 14.4 Å². The van der Waals surface area contributed by atoms with E-state index in [2.05, 4.69) is 0 Å². The zero-order chi connectivity index (χ0) is 29.2. The van der Waals surface area contributed by atoms with Crippen molar-refractivity contribution in [2.45, 2.75) is 98.8 Å². The number of nitrogens with two attached hydrogens (primary N) is 1. The third-order valence-electron chi connectivity index (χ3n) is 6.57. The molecule has 0 aliphatic heterocycles. The molecule has 0 heterocycles. The van der Waals surface area contributed by atoms with Gasteiger partial charge in [0.15, 0.2) is 11.5 Å². The summed E-state index contributed by atoms with van der Waals surface area (Å²) in [6, 6.07) is 4.43. The van der Waals surface area contributed by atoms with E-state index >= 15 is 0 Å². The average Bonchev–Trinajstić information content (AvgIpc) is 2.83. The van der Waals surface area contributed by atoms with Gasteiger partial charge in [0, 0.05) is 12.8 Å². The standard InChI is InChI=1S/C28H43NO9/c1-9-17(5)24(30)37-22-12-11-21(13-23(22)38-25(31)18(6)10-2)15-28(29,26(32)33)14-19(7)35-27(34)36-20(8)16(3)4/h11-13,16-20H,9-10,14-15,29H2,1-8H3,(H,32,33)/t17?,18?,19-,20?,28?/m0/s1. The first kappa shape index (κ1) is 32.9. The highest BCUT2D eigenvalue weighted by Crippen LogP contribution is 2.32. The van der Waals surface area contributed by atoms with Crippen molar-refractivity contribution in [3.05, 3.63) is 23.8 Å². The molecular formula is C28H43NO9. The Morgan fingerprint density at radius 3 is 1.87 bits per heavy atom. The Balaban J connectivity index is 3.18.